The lowest BCUT2D eigenvalue weighted by Crippen LogP contribution is -2.33. The molecule has 0 bridgehead atoms. The highest BCUT2D eigenvalue weighted by atomic mass is 16.5. The number of rotatable bonds is 2. The van der Waals surface area contributed by atoms with Gasteiger partial charge in [-0.15, -0.1) is 0 Å². The maximum Gasteiger partial charge on any atom is 0.219 e. The van der Waals surface area contributed by atoms with Gasteiger partial charge in [-0.1, -0.05) is 0 Å². The fraction of sp³-hybridized carbons (Fsp3) is 0.389. The monoisotopic (exact) mass is 379 g/mol. The Hall–Kier alpha value is -3.11. The Balaban J connectivity index is 1.80. The molecule has 5 heterocycles. The first-order valence-electron chi connectivity index (χ1n) is 9.12. The topological polar surface area (TPSA) is 120 Å². The van der Waals surface area contributed by atoms with Gasteiger partial charge < -0.3 is 20.0 Å². The van der Waals surface area contributed by atoms with Crippen LogP contribution in [0, 0.1) is 0 Å². The molecule has 0 aromatic carbocycles. The molecule has 0 aliphatic carbocycles. The largest absolute Gasteiger partial charge is 0.368 e. The summed E-state index contributed by atoms with van der Waals surface area (Å²) in [4.78, 5) is 22.7. The van der Waals surface area contributed by atoms with Crippen molar-refractivity contribution in [2.75, 3.05) is 25.9 Å². The molecule has 28 heavy (non-hydrogen) atoms. The molecule has 2 aliphatic heterocycles. The lowest BCUT2D eigenvalue weighted by atomic mass is 10.1. The summed E-state index contributed by atoms with van der Waals surface area (Å²) in [5, 5.41) is 1.95. The van der Waals surface area contributed by atoms with E-state index >= 15 is 0 Å². The molecular formula is C18H21N9O. The van der Waals surface area contributed by atoms with Crippen LogP contribution >= 0.6 is 0 Å². The molecule has 10 nitrogen and oxygen atoms in total. The summed E-state index contributed by atoms with van der Waals surface area (Å²) in [6.45, 7) is 6.08. The highest BCUT2D eigenvalue weighted by molar-refractivity contribution is 5.87. The van der Waals surface area contributed by atoms with Crippen LogP contribution in [0.5, 0.6) is 0 Å². The Morgan fingerprint density at radius 1 is 1.18 bits per heavy atom. The number of nitrogens with zero attached hydrogens (tertiary/aromatic N) is 7. The molecule has 0 amide bonds. The summed E-state index contributed by atoms with van der Waals surface area (Å²) >= 11 is 0. The molecule has 0 atom stereocenters. The number of nitrogens with two attached hydrogens (primary N) is 1. The Bertz CT molecular complexity index is 1100. The number of fused-ring (bicyclic) bond motifs is 3. The molecule has 0 fully saturated rings. The smallest absolute Gasteiger partial charge is 0.219 e. The molecule has 10 heteroatoms. The molecular weight excluding hydrogens is 358 g/mol. The Labute approximate surface area is 161 Å². The van der Waals surface area contributed by atoms with Crippen molar-refractivity contribution < 1.29 is 4.74 Å². The van der Waals surface area contributed by atoms with Crippen LogP contribution in [-0.2, 0) is 16.9 Å². The normalized spacial score (nSPS) is 18.4. The molecule has 3 aromatic heterocycles. The molecule has 0 unspecified atom stereocenters. The number of nitrogens with one attached hydrogen (secondary N) is 1. The fourth-order valence-electron chi connectivity index (χ4n) is 3.65. The minimum absolute atomic E-state index is 0.216. The zero-order chi connectivity index (χ0) is 19.5. The van der Waals surface area contributed by atoms with Gasteiger partial charge in [-0.2, -0.15) is 0 Å². The van der Waals surface area contributed by atoms with Crippen molar-refractivity contribution in [2.24, 2.45) is 0 Å². The van der Waals surface area contributed by atoms with Crippen molar-refractivity contribution in [1.82, 2.24) is 39.9 Å². The van der Waals surface area contributed by atoms with Crippen LogP contribution in [0.15, 0.2) is 18.5 Å². The Morgan fingerprint density at radius 3 is 2.68 bits per heavy atom. The maximum atomic E-state index is 5.93. The van der Waals surface area contributed by atoms with Gasteiger partial charge in [0.05, 0.1) is 17.9 Å². The molecule has 0 spiro atoms. The van der Waals surface area contributed by atoms with Crippen molar-refractivity contribution in [1.29, 1.82) is 0 Å². The predicted molar refractivity (Wildman–Crippen MR) is 103 cm³/mol. The number of hydrogen-bond donors (Lipinski definition) is 2. The highest BCUT2D eigenvalue weighted by Crippen LogP contribution is 2.34. The molecule has 5 rings (SSSR count). The van der Waals surface area contributed by atoms with E-state index in [0.717, 1.165) is 34.9 Å². The standard InChI is InChI=1S/C18H21N9O/c1-18(2)16-24-13-12(11-4-5-22-26(11)3)23-14(10-8-20-17(19)21-9-10)25-15(13)27(16)6-7-28-18/h4,8-9,22H,5-7H2,1-3H3,(H2,19,20,21). The van der Waals surface area contributed by atoms with Gasteiger partial charge in [-0.3, -0.25) is 0 Å². The number of hydrogen-bond acceptors (Lipinski definition) is 9. The van der Waals surface area contributed by atoms with Crippen LogP contribution in [0.3, 0.4) is 0 Å². The van der Waals surface area contributed by atoms with E-state index in [4.69, 9.17) is 25.4 Å². The van der Waals surface area contributed by atoms with Gasteiger partial charge in [0.25, 0.3) is 0 Å². The van der Waals surface area contributed by atoms with Crippen LogP contribution < -0.4 is 11.2 Å². The fourth-order valence-corrected chi connectivity index (χ4v) is 3.65. The third-order valence-electron chi connectivity index (χ3n) is 5.07. The van der Waals surface area contributed by atoms with E-state index < -0.39 is 5.60 Å². The van der Waals surface area contributed by atoms with E-state index in [1.165, 1.54) is 0 Å². The predicted octanol–water partition coefficient (Wildman–Crippen LogP) is 0.922. The second-order valence-electron chi connectivity index (χ2n) is 7.35. The quantitative estimate of drug-likeness (QED) is 0.669. The van der Waals surface area contributed by atoms with Crippen molar-refractivity contribution in [3.63, 3.8) is 0 Å². The van der Waals surface area contributed by atoms with Gasteiger partial charge in [-0.05, 0) is 19.9 Å². The second-order valence-corrected chi connectivity index (χ2v) is 7.35. The minimum Gasteiger partial charge on any atom is -0.368 e. The summed E-state index contributed by atoms with van der Waals surface area (Å²) in [5.41, 5.74) is 12.4. The zero-order valence-electron chi connectivity index (χ0n) is 16.0. The van der Waals surface area contributed by atoms with Crippen molar-refractivity contribution >= 4 is 22.8 Å². The van der Waals surface area contributed by atoms with E-state index in [1.807, 2.05) is 25.9 Å². The Morgan fingerprint density at radius 2 is 1.96 bits per heavy atom. The number of imidazole rings is 1. The van der Waals surface area contributed by atoms with Crippen molar-refractivity contribution in [3.05, 3.63) is 30.0 Å². The lowest BCUT2D eigenvalue weighted by Gasteiger charge is -2.30. The molecule has 2 aliphatic rings. The third kappa shape index (κ3) is 2.53. The number of aromatic nitrogens is 6. The van der Waals surface area contributed by atoms with Gasteiger partial charge >= 0.3 is 0 Å². The van der Waals surface area contributed by atoms with Gasteiger partial charge in [0.1, 0.15) is 22.6 Å². The van der Waals surface area contributed by atoms with Crippen LogP contribution in [0.2, 0.25) is 0 Å². The molecule has 0 saturated carbocycles. The lowest BCUT2D eigenvalue weighted by molar-refractivity contribution is -0.0530. The molecule has 0 radical (unpaired) electrons. The van der Waals surface area contributed by atoms with Gasteiger partial charge in [0.2, 0.25) is 5.95 Å². The third-order valence-corrected chi connectivity index (χ3v) is 5.07. The van der Waals surface area contributed by atoms with E-state index in [0.29, 0.717) is 24.5 Å². The molecule has 0 saturated heterocycles. The summed E-state index contributed by atoms with van der Waals surface area (Å²) in [5.74, 6) is 1.60. The van der Waals surface area contributed by atoms with Crippen molar-refractivity contribution in [3.8, 4) is 11.4 Å². The number of hydrazine groups is 1. The van der Waals surface area contributed by atoms with Gasteiger partial charge in [0, 0.05) is 32.5 Å². The average molecular weight is 379 g/mol. The number of anilines is 1. The van der Waals surface area contributed by atoms with E-state index in [-0.39, 0.29) is 5.95 Å². The van der Waals surface area contributed by atoms with Crippen LogP contribution in [0.25, 0.3) is 28.2 Å². The Kier molecular flexibility index (Phi) is 3.61. The van der Waals surface area contributed by atoms with E-state index in [2.05, 4.69) is 26.0 Å². The summed E-state index contributed by atoms with van der Waals surface area (Å²) in [6, 6.07) is 0. The van der Waals surface area contributed by atoms with Gasteiger partial charge in [0.15, 0.2) is 11.5 Å². The van der Waals surface area contributed by atoms with E-state index in [9.17, 15) is 0 Å². The minimum atomic E-state index is -0.491. The summed E-state index contributed by atoms with van der Waals surface area (Å²) < 4.78 is 8.05. The highest BCUT2D eigenvalue weighted by Gasteiger charge is 2.34. The number of ether oxygens (including phenoxy) is 1. The zero-order valence-corrected chi connectivity index (χ0v) is 16.0. The van der Waals surface area contributed by atoms with Crippen LogP contribution in [-0.4, -0.2) is 54.7 Å². The van der Waals surface area contributed by atoms with Crippen LogP contribution in [0.1, 0.15) is 25.4 Å². The number of nitrogen functional groups attached to an aromatic ring is 1. The van der Waals surface area contributed by atoms with E-state index in [1.54, 1.807) is 12.4 Å². The van der Waals surface area contributed by atoms with Crippen LogP contribution in [0.4, 0.5) is 5.95 Å². The summed E-state index contributed by atoms with van der Waals surface area (Å²) in [6.07, 6.45) is 5.36. The second kappa shape index (κ2) is 5.94. The average Bonchev–Trinajstić information content (AvgIpc) is 3.26. The molecule has 3 N–H and O–H groups in total. The van der Waals surface area contributed by atoms with Crippen molar-refractivity contribution in [2.45, 2.75) is 26.0 Å². The van der Waals surface area contributed by atoms with Gasteiger partial charge in [-0.25, -0.2) is 30.3 Å². The summed E-state index contributed by atoms with van der Waals surface area (Å²) in [7, 11) is 1.96. The molecule has 144 valence electrons. The first-order valence-corrected chi connectivity index (χ1v) is 9.12. The first kappa shape index (κ1) is 17.0. The molecule has 3 aromatic rings. The maximum absolute atomic E-state index is 5.93. The SMILES string of the molecule is CN1NCC=C1c1nc(-c2cnc(N)nc2)nc2c1nc1n2CCOC1(C)C. The first-order chi connectivity index (χ1) is 13.4.